The minimum absolute atomic E-state index is 0.00931. The van der Waals surface area contributed by atoms with E-state index in [0.717, 1.165) is 28.9 Å². The number of non-ortho nitro benzene ring substituents is 1. The molecule has 0 saturated carbocycles. The van der Waals surface area contributed by atoms with Crippen molar-refractivity contribution in [3.05, 3.63) is 112 Å². The minimum atomic E-state index is -3.44. The molecule has 12 heteroatoms. The molecular weight excluding hydrogens is 524 g/mol. The van der Waals surface area contributed by atoms with Crippen LogP contribution < -0.4 is 14.9 Å². The van der Waals surface area contributed by atoms with Crippen LogP contribution in [-0.4, -0.2) is 34.3 Å². The average molecular weight is 549 g/mol. The highest BCUT2D eigenvalue weighted by molar-refractivity contribution is 7.92. The fraction of sp³-hybridized carbons (Fsp3) is 0.154. The Bertz CT molecular complexity index is 1640. The molecule has 2 aromatic carbocycles. The smallest absolute Gasteiger partial charge is 0.271 e. The van der Waals surface area contributed by atoms with Gasteiger partial charge >= 0.3 is 0 Å². The van der Waals surface area contributed by atoms with E-state index in [1.165, 1.54) is 12.1 Å². The number of nitro groups is 1. The molecule has 0 aliphatic carbocycles. The molecule has 1 aliphatic rings. The van der Waals surface area contributed by atoms with Crippen LogP contribution in [0, 0.1) is 17.0 Å². The number of hydrogen-bond donors (Lipinski definition) is 2. The third-order valence-corrected chi connectivity index (χ3v) is 7.19. The van der Waals surface area contributed by atoms with Gasteiger partial charge in [0, 0.05) is 35.9 Å². The van der Waals surface area contributed by atoms with Gasteiger partial charge in [0.25, 0.3) is 5.69 Å². The first-order chi connectivity index (χ1) is 18.1. The first-order valence-corrected chi connectivity index (χ1v) is 13.9. The Balaban J connectivity index is 1.64. The molecule has 3 heterocycles. The quantitative estimate of drug-likeness (QED) is 0.195. The van der Waals surface area contributed by atoms with E-state index in [0.29, 0.717) is 16.5 Å². The zero-order valence-electron chi connectivity index (χ0n) is 20.5. The van der Waals surface area contributed by atoms with Gasteiger partial charge in [0.1, 0.15) is 6.04 Å². The molecule has 38 heavy (non-hydrogen) atoms. The molecule has 1 fully saturated rings. The Labute approximate surface area is 225 Å². The fourth-order valence-electron chi connectivity index (χ4n) is 4.67. The topological polar surface area (TPSA) is 122 Å². The Morgan fingerprint density at radius 2 is 1.87 bits per heavy atom. The molecule has 10 nitrogen and oxygen atoms in total. The van der Waals surface area contributed by atoms with Gasteiger partial charge in [-0.2, -0.15) is 0 Å². The van der Waals surface area contributed by atoms with Crippen molar-refractivity contribution in [1.29, 1.82) is 0 Å². The first-order valence-electron chi connectivity index (χ1n) is 11.6. The van der Waals surface area contributed by atoms with Gasteiger partial charge in [0.05, 0.1) is 34.3 Å². The first kappa shape index (κ1) is 25.4. The molecule has 0 spiro atoms. The van der Waals surface area contributed by atoms with Crippen LogP contribution in [0.2, 0.25) is 0 Å². The van der Waals surface area contributed by atoms with Gasteiger partial charge in [-0.05, 0) is 73.2 Å². The molecule has 2 aromatic heterocycles. The summed E-state index contributed by atoms with van der Waals surface area (Å²) in [4.78, 5) is 17.6. The number of anilines is 2. The Kier molecular flexibility index (Phi) is 6.59. The number of benzene rings is 2. The fourth-order valence-corrected chi connectivity index (χ4v) is 5.65. The van der Waals surface area contributed by atoms with Crippen molar-refractivity contribution >= 4 is 44.4 Å². The Hall–Kier alpha value is -4.29. The summed E-state index contributed by atoms with van der Waals surface area (Å²) in [6.07, 6.45) is 4.68. The lowest BCUT2D eigenvalue weighted by molar-refractivity contribution is -0.384. The largest absolute Gasteiger partial charge is 0.351 e. The second kappa shape index (κ2) is 9.88. The van der Waals surface area contributed by atoms with Crippen molar-refractivity contribution in [1.82, 2.24) is 14.9 Å². The second-order valence-corrected chi connectivity index (χ2v) is 11.1. The summed E-state index contributed by atoms with van der Waals surface area (Å²) in [5.74, 6) is 0. The molecule has 0 amide bonds. The number of pyridine rings is 1. The highest BCUT2D eigenvalue weighted by Crippen LogP contribution is 2.43. The van der Waals surface area contributed by atoms with E-state index in [1.54, 1.807) is 18.3 Å². The van der Waals surface area contributed by atoms with E-state index >= 15 is 0 Å². The van der Waals surface area contributed by atoms with E-state index in [-0.39, 0.29) is 17.8 Å². The normalized spacial score (nSPS) is 17.3. The zero-order valence-corrected chi connectivity index (χ0v) is 22.1. The molecule has 1 saturated heterocycles. The van der Waals surface area contributed by atoms with Crippen LogP contribution in [0.5, 0.6) is 0 Å². The molecule has 2 N–H and O–H groups in total. The summed E-state index contributed by atoms with van der Waals surface area (Å²) in [7, 11) is -3.44. The van der Waals surface area contributed by atoms with Crippen molar-refractivity contribution in [2.45, 2.75) is 19.0 Å². The zero-order chi connectivity index (χ0) is 27.0. The lowest BCUT2D eigenvalue weighted by Gasteiger charge is -2.29. The molecule has 5 rings (SSSR count). The van der Waals surface area contributed by atoms with Crippen molar-refractivity contribution in [2.24, 2.45) is 0 Å². The summed E-state index contributed by atoms with van der Waals surface area (Å²) in [6.45, 7) is 1.82. The van der Waals surface area contributed by atoms with Gasteiger partial charge in [-0.15, -0.1) is 0 Å². The maximum absolute atomic E-state index is 11.8. The van der Waals surface area contributed by atoms with E-state index in [1.807, 2.05) is 71.1 Å². The van der Waals surface area contributed by atoms with Crippen molar-refractivity contribution < 1.29 is 13.3 Å². The van der Waals surface area contributed by atoms with Crippen molar-refractivity contribution in [2.75, 3.05) is 15.9 Å². The van der Waals surface area contributed by atoms with Crippen molar-refractivity contribution in [3.8, 4) is 5.69 Å². The molecular formula is C26H24N6O4S2. The summed E-state index contributed by atoms with van der Waals surface area (Å²) >= 11 is 5.81. The SMILES string of the molecule is Cc1cc(N2C(=S)N[C@@H](c3ccccn3)[C@@H]2c2cccn2-c2cccc([N+](=O)[O-])c2)ccc1NS(C)(=O)=O. The number of nitrogens with zero attached hydrogens (tertiary/aromatic N) is 4. The summed E-state index contributed by atoms with van der Waals surface area (Å²) in [5.41, 5.74) is 4.21. The van der Waals surface area contributed by atoms with Gasteiger partial charge in [-0.25, -0.2) is 8.42 Å². The number of nitrogens with one attached hydrogen (secondary N) is 2. The van der Waals surface area contributed by atoms with Gasteiger partial charge in [0.2, 0.25) is 10.0 Å². The lowest BCUT2D eigenvalue weighted by Crippen LogP contribution is -2.30. The van der Waals surface area contributed by atoms with Crippen LogP contribution in [-0.2, 0) is 10.0 Å². The Morgan fingerprint density at radius 1 is 1.05 bits per heavy atom. The van der Waals surface area contributed by atoms with E-state index in [4.69, 9.17) is 12.2 Å². The molecule has 194 valence electrons. The summed E-state index contributed by atoms with van der Waals surface area (Å²) in [6, 6.07) is 20.6. The van der Waals surface area contributed by atoms with Gasteiger partial charge < -0.3 is 14.8 Å². The minimum Gasteiger partial charge on any atom is -0.351 e. The monoisotopic (exact) mass is 548 g/mol. The molecule has 0 radical (unpaired) electrons. The number of nitro benzene ring substituents is 1. The van der Waals surface area contributed by atoms with Gasteiger partial charge in [-0.1, -0.05) is 12.1 Å². The van der Waals surface area contributed by atoms with Gasteiger partial charge in [-0.3, -0.25) is 19.8 Å². The predicted molar refractivity (Wildman–Crippen MR) is 150 cm³/mol. The summed E-state index contributed by atoms with van der Waals surface area (Å²) < 4.78 is 28.0. The number of hydrogen-bond acceptors (Lipinski definition) is 6. The maximum Gasteiger partial charge on any atom is 0.271 e. The molecule has 2 atom stereocenters. The third kappa shape index (κ3) is 4.95. The third-order valence-electron chi connectivity index (χ3n) is 6.28. The molecule has 4 aromatic rings. The van der Waals surface area contributed by atoms with Gasteiger partial charge in [0.15, 0.2) is 5.11 Å². The van der Waals surface area contributed by atoms with Crippen LogP contribution in [0.3, 0.4) is 0 Å². The molecule has 0 unspecified atom stereocenters. The van der Waals surface area contributed by atoms with Crippen LogP contribution in [0.15, 0.2) is 85.2 Å². The van der Waals surface area contributed by atoms with Crippen LogP contribution in [0.4, 0.5) is 17.1 Å². The second-order valence-electron chi connectivity index (χ2n) is 8.95. The van der Waals surface area contributed by atoms with E-state index in [9.17, 15) is 18.5 Å². The van der Waals surface area contributed by atoms with Crippen molar-refractivity contribution in [3.63, 3.8) is 0 Å². The average Bonchev–Trinajstić information content (AvgIpc) is 3.49. The lowest BCUT2D eigenvalue weighted by atomic mass is 10.0. The van der Waals surface area contributed by atoms with E-state index in [2.05, 4.69) is 15.0 Å². The molecule has 1 aliphatic heterocycles. The highest BCUT2D eigenvalue weighted by Gasteiger charge is 2.42. The van der Waals surface area contributed by atoms with E-state index < -0.39 is 14.9 Å². The standard InChI is InChI=1S/C26H24N6O4S2/c1-17-15-19(11-12-21(17)29-38(2,35)36)31-25(24(28-26(31)37)22-9-3-4-13-27-22)23-10-6-14-30(23)18-7-5-8-20(16-18)32(33)34/h3-16,24-25,29H,1-2H3,(H,28,37)/t24-,25-/m0/s1. The number of rotatable bonds is 7. The Morgan fingerprint density at radius 3 is 2.55 bits per heavy atom. The predicted octanol–water partition coefficient (Wildman–Crippen LogP) is 4.64. The number of sulfonamides is 1. The van der Waals surface area contributed by atoms with Crippen LogP contribution in [0.25, 0.3) is 5.69 Å². The highest BCUT2D eigenvalue weighted by atomic mass is 32.2. The molecule has 0 bridgehead atoms. The number of aromatic nitrogens is 2. The number of thiocarbonyl (C=S) groups is 1. The maximum atomic E-state index is 11.8. The van der Waals surface area contributed by atoms with Crippen LogP contribution in [0.1, 0.15) is 29.0 Å². The summed E-state index contributed by atoms with van der Waals surface area (Å²) in [5, 5.41) is 15.3. The van der Waals surface area contributed by atoms with Crippen LogP contribution >= 0.6 is 12.2 Å². The number of aryl methyl sites for hydroxylation is 1.